The molecule has 2 aromatic rings. The molecule has 18 heavy (non-hydrogen) atoms. The minimum absolute atomic E-state index is 0.0351. The minimum Gasteiger partial charge on any atom is -0.396 e. The fourth-order valence-electron chi connectivity index (χ4n) is 1.87. The fraction of sp³-hybridized carbons (Fsp3) is 0.429. The Morgan fingerprint density at radius 3 is 2.83 bits per heavy atom. The molecule has 2 rings (SSSR count). The quantitative estimate of drug-likeness (QED) is 0.849. The summed E-state index contributed by atoms with van der Waals surface area (Å²) in [6, 6.07) is 8.04. The molecule has 1 aromatic heterocycles. The topological polar surface area (TPSA) is 58.0 Å². The lowest BCUT2D eigenvalue weighted by Gasteiger charge is -2.24. The number of hydrogen-bond acceptors (Lipinski definition) is 4. The highest BCUT2D eigenvalue weighted by Crippen LogP contribution is 2.23. The van der Waals surface area contributed by atoms with Crippen LogP contribution in [0.25, 0.3) is 10.8 Å². The van der Waals surface area contributed by atoms with Crippen LogP contribution >= 0.6 is 0 Å². The van der Waals surface area contributed by atoms with Crippen LogP contribution in [-0.4, -0.2) is 28.5 Å². The summed E-state index contributed by atoms with van der Waals surface area (Å²) < 4.78 is 0. The monoisotopic (exact) mass is 245 g/mol. The van der Waals surface area contributed by atoms with E-state index < -0.39 is 0 Å². The number of fused-ring (bicyclic) bond motifs is 1. The maximum atomic E-state index is 9.02. The Labute approximate surface area is 107 Å². The van der Waals surface area contributed by atoms with Crippen LogP contribution in [0.3, 0.4) is 0 Å². The maximum absolute atomic E-state index is 9.02. The molecule has 0 atom stereocenters. The van der Waals surface area contributed by atoms with E-state index in [-0.39, 0.29) is 12.0 Å². The molecule has 0 amide bonds. The van der Waals surface area contributed by atoms with Gasteiger partial charge in [0.05, 0.1) is 6.20 Å². The largest absolute Gasteiger partial charge is 0.396 e. The van der Waals surface area contributed by atoms with Crippen molar-refractivity contribution in [2.75, 3.05) is 18.5 Å². The van der Waals surface area contributed by atoms with Crippen molar-refractivity contribution in [1.29, 1.82) is 0 Å². The van der Waals surface area contributed by atoms with E-state index in [1.165, 1.54) is 0 Å². The number of benzene rings is 1. The summed E-state index contributed by atoms with van der Waals surface area (Å²) in [7, 11) is 0. The van der Waals surface area contributed by atoms with Gasteiger partial charge in [0.15, 0.2) is 5.82 Å². The predicted octanol–water partition coefficient (Wildman–Crippen LogP) is 2.45. The highest BCUT2D eigenvalue weighted by Gasteiger charge is 2.17. The number of aromatic nitrogens is 2. The standard InChI is InChI=1S/C14H19N3O/c1-14(2,7-8-18)10-15-13-12-6-4-3-5-11(12)9-16-17-13/h3-6,9,18H,7-8,10H2,1-2H3,(H,15,17). The van der Waals surface area contributed by atoms with Gasteiger partial charge in [-0.3, -0.25) is 0 Å². The van der Waals surface area contributed by atoms with Gasteiger partial charge in [-0.25, -0.2) is 0 Å². The number of aliphatic hydroxyl groups excluding tert-OH is 1. The van der Waals surface area contributed by atoms with E-state index in [4.69, 9.17) is 5.11 Å². The molecule has 0 radical (unpaired) electrons. The van der Waals surface area contributed by atoms with Gasteiger partial charge >= 0.3 is 0 Å². The molecule has 0 unspecified atom stereocenters. The molecular weight excluding hydrogens is 226 g/mol. The molecule has 0 aliphatic heterocycles. The lowest BCUT2D eigenvalue weighted by atomic mass is 9.90. The zero-order valence-electron chi connectivity index (χ0n) is 10.8. The van der Waals surface area contributed by atoms with Crippen LogP contribution in [0.2, 0.25) is 0 Å². The summed E-state index contributed by atoms with van der Waals surface area (Å²) in [5, 5.41) is 22.6. The number of nitrogens with one attached hydrogen (secondary N) is 1. The van der Waals surface area contributed by atoms with Gasteiger partial charge in [-0.2, -0.15) is 5.10 Å². The van der Waals surface area contributed by atoms with Gasteiger partial charge in [0, 0.05) is 23.9 Å². The number of rotatable bonds is 5. The van der Waals surface area contributed by atoms with Crippen LogP contribution in [0.5, 0.6) is 0 Å². The molecule has 0 saturated heterocycles. The lowest BCUT2D eigenvalue weighted by molar-refractivity contribution is 0.220. The van der Waals surface area contributed by atoms with E-state index in [0.717, 1.165) is 29.6 Å². The number of aliphatic hydroxyl groups is 1. The third-order valence-corrected chi connectivity index (χ3v) is 3.09. The van der Waals surface area contributed by atoms with Crippen LogP contribution in [0, 0.1) is 5.41 Å². The first-order valence-corrected chi connectivity index (χ1v) is 6.17. The lowest BCUT2D eigenvalue weighted by Crippen LogP contribution is -2.24. The van der Waals surface area contributed by atoms with Gasteiger partial charge in [-0.15, -0.1) is 5.10 Å². The Balaban J connectivity index is 2.17. The van der Waals surface area contributed by atoms with Gasteiger partial charge in [0.2, 0.25) is 0 Å². The average molecular weight is 245 g/mol. The molecule has 0 fully saturated rings. The summed E-state index contributed by atoms with van der Waals surface area (Å²) in [5.41, 5.74) is 0.0351. The van der Waals surface area contributed by atoms with Crippen LogP contribution in [-0.2, 0) is 0 Å². The molecule has 4 nitrogen and oxygen atoms in total. The molecule has 1 heterocycles. The summed E-state index contributed by atoms with van der Waals surface area (Å²) in [6.07, 6.45) is 2.53. The van der Waals surface area contributed by atoms with Crippen LogP contribution in [0.15, 0.2) is 30.5 Å². The van der Waals surface area contributed by atoms with E-state index in [1.807, 2.05) is 24.3 Å². The molecular formula is C14H19N3O. The molecule has 2 N–H and O–H groups in total. The number of hydrogen-bond donors (Lipinski definition) is 2. The van der Waals surface area contributed by atoms with Crippen LogP contribution < -0.4 is 5.32 Å². The van der Waals surface area contributed by atoms with E-state index in [0.29, 0.717) is 0 Å². The first-order chi connectivity index (χ1) is 8.62. The van der Waals surface area contributed by atoms with E-state index in [2.05, 4.69) is 29.4 Å². The van der Waals surface area contributed by atoms with Gasteiger partial charge in [0.1, 0.15) is 0 Å². The minimum atomic E-state index is 0.0351. The summed E-state index contributed by atoms with van der Waals surface area (Å²) in [6.45, 7) is 5.20. The molecule has 96 valence electrons. The van der Waals surface area contributed by atoms with Crippen molar-refractivity contribution in [1.82, 2.24) is 10.2 Å². The van der Waals surface area contributed by atoms with Gasteiger partial charge in [-0.1, -0.05) is 38.1 Å². The zero-order chi connectivity index (χ0) is 13.0. The molecule has 0 bridgehead atoms. The zero-order valence-corrected chi connectivity index (χ0v) is 10.8. The van der Waals surface area contributed by atoms with Crippen molar-refractivity contribution >= 4 is 16.6 Å². The SMILES string of the molecule is CC(C)(CCO)CNc1nncc2ccccc12. The summed E-state index contributed by atoms with van der Waals surface area (Å²) in [5.74, 6) is 0.805. The third-order valence-electron chi connectivity index (χ3n) is 3.09. The van der Waals surface area contributed by atoms with E-state index >= 15 is 0 Å². The first kappa shape index (κ1) is 12.8. The number of nitrogens with zero attached hydrogens (tertiary/aromatic N) is 2. The summed E-state index contributed by atoms with van der Waals surface area (Å²) in [4.78, 5) is 0. The Morgan fingerprint density at radius 2 is 2.06 bits per heavy atom. The van der Waals surface area contributed by atoms with E-state index in [1.54, 1.807) is 6.20 Å². The highest BCUT2D eigenvalue weighted by molar-refractivity contribution is 5.90. The Bertz CT molecular complexity index is 520. The van der Waals surface area contributed by atoms with Crippen molar-refractivity contribution in [3.05, 3.63) is 30.5 Å². The predicted molar refractivity (Wildman–Crippen MR) is 73.5 cm³/mol. The molecule has 0 aliphatic rings. The third kappa shape index (κ3) is 2.96. The van der Waals surface area contributed by atoms with Crippen LogP contribution in [0.1, 0.15) is 20.3 Å². The highest BCUT2D eigenvalue weighted by atomic mass is 16.3. The Kier molecular flexibility index (Phi) is 3.77. The molecule has 0 saturated carbocycles. The number of anilines is 1. The van der Waals surface area contributed by atoms with Crippen molar-refractivity contribution in [2.45, 2.75) is 20.3 Å². The molecule has 4 heteroatoms. The Morgan fingerprint density at radius 1 is 1.28 bits per heavy atom. The fourth-order valence-corrected chi connectivity index (χ4v) is 1.87. The van der Waals surface area contributed by atoms with Crippen molar-refractivity contribution in [2.24, 2.45) is 5.41 Å². The molecule has 1 aromatic carbocycles. The Hall–Kier alpha value is -1.68. The van der Waals surface area contributed by atoms with Crippen LogP contribution in [0.4, 0.5) is 5.82 Å². The maximum Gasteiger partial charge on any atom is 0.156 e. The second-order valence-electron chi connectivity index (χ2n) is 5.27. The molecule has 0 aliphatic carbocycles. The second-order valence-corrected chi connectivity index (χ2v) is 5.27. The van der Waals surface area contributed by atoms with Gasteiger partial charge in [-0.05, 0) is 11.8 Å². The van der Waals surface area contributed by atoms with Gasteiger partial charge < -0.3 is 10.4 Å². The average Bonchev–Trinajstić information content (AvgIpc) is 2.36. The summed E-state index contributed by atoms with van der Waals surface area (Å²) >= 11 is 0. The van der Waals surface area contributed by atoms with Crippen molar-refractivity contribution in [3.8, 4) is 0 Å². The second kappa shape index (κ2) is 5.31. The van der Waals surface area contributed by atoms with Crippen molar-refractivity contribution < 1.29 is 5.11 Å². The normalized spacial score (nSPS) is 11.7. The first-order valence-electron chi connectivity index (χ1n) is 6.17. The smallest absolute Gasteiger partial charge is 0.156 e. The molecule has 0 spiro atoms. The van der Waals surface area contributed by atoms with Gasteiger partial charge in [0.25, 0.3) is 0 Å². The van der Waals surface area contributed by atoms with Crippen molar-refractivity contribution in [3.63, 3.8) is 0 Å². The van der Waals surface area contributed by atoms with E-state index in [9.17, 15) is 0 Å².